The van der Waals surface area contributed by atoms with Gasteiger partial charge in [0.2, 0.25) is 0 Å². The molecular formula is C31H22N2Si. The Labute approximate surface area is 199 Å². The van der Waals surface area contributed by atoms with Crippen molar-refractivity contribution in [2.45, 2.75) is 0 Å². The lowest BCUT2D eigenvalue weighted by atomic mass is 10.2. The number of pyridine rings is 1. The van der Waals surface area contributed by atoms with Gasteiger partial charge in [0.1, 0.15) is 0 Å². The summed E-state index contributed by atoms with van der Waals surface area (Å²) >= 11 is 0. The molecule has 2 nitrogen and oxygen atoms in total. The maximum Gasteiger partial charge on any atom is 0.182 e. The van der Waals surface area contributed by atoms with Gasteiger partial charge in [-0.3, -0.25) is 4.98 Å². The normalized spacial score (nSPS) is 12.1. The lowest BCUT2D eigenvalue weighted by molar-refractivity contribution is 1.30. The monoisotopic (exact) mass is 450 g/mol. The minimum Gasteiger partial charge on any atom is -0.315 e. The van der Waals surface area contributed by atoms with Gasteiger partial charge < -0.3 is 4.40 Å². The van der Waals surface area contributed by atoms with Crippen LogP contribution in [0.15, 0.2) is 134 Å². The lowest BCUT2D eigenvalue weighted by Gasteiger charge is -2.33. The topological polar surface area (TPSA) is 17.3 Å². The number of aromatic nitrogens is 2. The van der Waals surface area contributed by atoms with Gasteiger partial charge in [0, 0.05) is 34.7 Å². The van der Waals surface area contributed by atoms with E-state index in [1.165, 1.54) is 47.9 Å². The fraction of sp³-hybridized carbons (Fsp3) is 0. The van der Waals surface area contributed by atoms with Crippen LogP contribution in [0.2, 0.25) is 0 Å². The summed E-state index contributed by atoms with van der Waals surface area (Å²) in [6, 6.07) is 41.9. The molecular weight excluding hydrogens is 428 g/mol. The second-order valence-corrected chi connectivity index (χ2v) is 12.6. The first kappa shape index (κ1) is 19.3. The van der Waals surface area contributed by atoms with Gasteiger partial charge in [0.15, 0.2) is 8.07 Å². The van der Waals surface area contributed by atoms with E-state index in [9.17, 15) is 0 Å². The third kappa shape index (κ3) is 2.53. The van der Waals surface area contributed by atoms with Crippen molar-refractivity contribution in [3.8, 4) is 0 Å². The van der Waals surface area contributed by atoms with Crippen molar-refractivity contribution < 1.29 is 0 Å². The molecule has 0 saturated heterocycles. The Morgan fingerprint density at radius 3 is 1.59 bits per heavy atom. The van der Waals surface area contributed by atoms with Crippen molar-refractivity contribution in [1.29, 1.82) is 0 Å². The van der Waals surface area contributed by atoms with Crippen molar-refractivity contribution in [1.82, 2.24) is 9.38 Å². The minimum atomic E-state index is -2.61. The number of rotatable bonds is 4. The summed E-state index contributed by atoms with van der Waals surface area (Å²) < 4.78 is 2.40. The number of hydrogen-bond donors (Lipinski definition) is 0. The third-order valence-electron chi connectivity index (χ3n) is 7.18. The number of benzene rings is 4. The van der Waals surface area contributed by atoms with Gasteiger partial charge in [-0.15, -0.1) is 0 Å². The van der Waals surface area contributed by atoms with Crippen LogP contribution in [0.5, 0.6) is 0 Å². The highest BCUT2D eigenvalue weighted by molar-refractivity contribution is 7.20. The third-order valence-corrected chi connectivity index (χ3v) is 12.0. The molecule has 7 aromatic rings. The Morgan fingerprint density at radius 2 is 1.00 bits per heavy atom. The Hall–Kier alpha value is -4.21. The van der Waals surface area contributed by atoms with E-state index in [1.807, 2.05) is 6.20 Å². The molecule has 0 atom stereocenters. The van der Waals surface area contributed by atoms with E-state index in [-0.39, 0.29) is 0 Å². The van der Waals surface area contributed by atoms with Gasteiger partial charge >= 0.3 is 0 Å². The predicted octanol–water partition coefficient (Wildman–Crippen LogP) is 4.46. The molecule has 7 rings (SSSR count). The molecule has 34 heavy (non-hydrogen) atoms. The average molecular weight is 451 g/mol. The van der Waals surface area contributed by atoms with Crippen LogP contribution in [0.3, 0.4) is 0 Å². The van der Waals surface area contributed by atoms with Crippen molar-refractivity contribution in [3.63, 3.8) is 0 Å². The molecule has 0 aliphatic rings. The van der Waals surface area contributed by atoms with Crippen LogP contribution in [0.1, 0.15) is 0 Å². The molecule has 3 aromatic heterocycles. The fourth-order valence-electron chi connectivity index (χ4n) is 5.80. The quantitative estimate of drug-likeness (QED) is 0.286. The molecule has 0 N–H and O–H groups in total. The summed E-state index contributed by atoms with van der Waals surface area (Å²) in [4.78, 5) is 4.75. The molecule has 0 amide bonds. The Kier molecular flexibility index (Phi) is 4.20. The van der Waals surface area contributed by atoms with Gasteiger partial charge in [0.05, 0.1) is 11.0 Å². The van der Waals surface area contributed by atoms with Crippen LogP contribution in [0, 0.1) is 0 Å². The van der Waals surface area contributed by atoms with E-state index in [2.05, 4.69) is 132 Å². The molecule has 0 unspecified atom stereocenters. The summed E-state index contributed by atoms with van der Waals surface area (Å²) in [5.74, 6) is 0. The first-order valence-electron chi connectivity index (χ1n) is 11.6. The molecule has 160 valence electrons. The Morgan fingerprint density at radius 1 is 0.500 bits per heavy atom. The van der Waals surface area contributed by atoms with Gasteiger partial charge in [-0.05, 0) is 26.8 Å². The van der Waals surface area contributed by atoms with Crippen molar-refractivity contribution in [2.75, 3.05) is 0 Å². The molecule has 0 fully saturated rings. The second-order valence-electron chi connectivity index (χ2n) is 8.86. The standard InChI is InChI=1S/C31H22N2Si/c1-4-12-23(13-5-1)34(24-14-6-2-7-15-24,25-16-8-3-9-17-25)30-22-33-29-19-11-10-18-26(29)27-20-32-21-28(30)31(27)33/h1-22H. The minimum absolute atomic E-state index is 1.22. The largest absolute Gasteiger partial charge is 0.315 e. The number of nitrogens with zero attached hydrogens (tertiary/aromatic N) is 2. The number of fused-ring (bicyclic) bond motifs is 3. The maximum atomic E-state index is 4.75. The zero-order chi connectivity index (χ0) is 22.5. The molecule has 4 aromatic carbocycles. The zero-order valence-corrected chi connectivity index (χ0v) is 19.6. The van der Waals surface area contributed by atoms with Gasteiger partial charge in [0.25, 0.3) is 0 Å². The smallest absolute Gasteiger partial charge is 0.182 e. The molecule has 0 aliphatic carbocycles. The second kappa shape index (κ2) is 7.40. The summed E-state index contributed by atoms with van der Waals surface area (Å²) in [5.41, 5.74) is 2.50. The van der Waals surface area contributed by atoms with Crippen LogP contribution < -0.4 is 20.7 Å². The summed E-state index contributed by atoms with van der Waals surface area (Å²) in [6.45, 7) is 0. The van der Waals surface area contributed by atoms with Crippen LogP contribution >= 0.6 is 0 Å². The lowest BCUT2D eigenvalue weighted by Crippen LogP contribution is -2.74. The van der Waals surface area contributed by atoms with Gasteiger partial charge in [-0.25, -0.2) is 0 Å². The number of para-hydroxylation sites is 1. The molecule has 3 heterocycles. The van der Waals surface area contributed by atoms with Crippen LogP contribution in [0.4, 0.5) is 0 Å². The van der Waals surface area contributed by atoms with E-state index in [0.717, 1.165) is 0 Å². The Bertz CT molecular complexity index is 1640. The van der Waals surface area contributed by atoms with Crippen molar-refractivity contribution >= 4 is 56.0 Å². The summed E-state index contributed by atoms with van der Waals surface area (Å²) in [6.07, 6.45) is 6.50. The summed E-state index contributed by atoms with van der Waals surface area (Å²) in [7, 11) is -2.61. The van der Waals surface area contributed by atoms with E-state index in [4.69, 9.17) is 4.98 Å². The maximum absolute atomic E-state index is 4.75. The van der Waals surface area contributed by atoms with Crippen LogP contribution in [-0.4, -0.2) is 17.5 Å². The van der Waals surface area contributed by atoms with E-state index < -0.39 is 8.07 Å². The molecule has 3 heteroatoms. The first-order valence-corrected chi connectivity index (χ1v) is 13.6. The van der Waals surface area contributed by atoms with E-state index in [0.29, 0.717) is 0 Å². The molecule has 0 spiro atoms. The first-order chi connectivity index (χ1) is 16.9. The molecule has 0 aliphatic heterocycles. The molecule has 0 bridgehead atoms. The van der Waals surface area contributed by atoms with Crippen LogP contribution in [-0.2, 0) is 0 Å². The van der Waals surface area contributed by atoms with E-state index >= 15 is 0 Å². The Balaban J connectivity index is 1.71. The average Bonchev–Trinajstić information content (AvgIpc) is 3.46. The van der Waals surface area contributed by atoms with Gasteiger partial charge in [-0.1, -0.05) is 109 Å². The summed E-state index contributed by atoms with van der Waals surface area (Å²) in [5, 5.41) is 9.25. The molecule has 0 saturated carbocycles. The number of hydrogen-bond acceptors (Lipinski definition) is 1. The van der Waals surface area contributed by atoms with Crippen molar-refractivity contribution in [2.24, 2.45) is 0 Å². The molecule has 0 radical (unpaired) electrons. The highest BCUT2D eigenvalue weighted by Gasteiger charge is 2.43. The van der Waals surface area contributed by atoms with Crippen LogP contribution in [0.25, 0.3) is 27.2 Å². The predicted molar refractivity (Wildman–Crippen MR) is 145 cm³/mol. The SMILES string of the molecule is c1ccc([Si](c2ccccc2)(c2ccccc2)c2cn3c4ccccc4c4cncc2c43)cc1. The van der Waals surface area contributed by atoms with Gasteiger partial charge in [-0.2, -0.15) is 0 Å². The highest BCUT2D eigenvalue weighted by atomic mass is 28.3. The fourth-order valence-corrected chi connectivity index (χ4v) is 10.7. The van der Waals surface area contributed by atoms with E-state index in [1.54, 1.807) is 0 Å². The zero-order valence-electron chi connectivity index (χ0n) is 18.6. The highest BCUT2D eigenvalue weighted by Crippen LogP contribution is 2.32. The van der Waals surface area contributed by atoms with Crippen molar-refractivity contribution in [3.05, 3.63) is 134 Å².